The molecule has 9 nitrogen and oxygen atoms in total. The lowest BCUT2D eigenvalue weighted by molar-refractivity contribution is -0.385. The first-order valence-corrected chi connectivity index (χ1v) is 6.55. The number of amidine groups is 1. The highest BCUT2D eigenvalue weighted by Crippen LogP contribution is 2.30. The van der Waals surface area contributed by atoms with E-state index < -0.39 is 4.92 Å². The molecule has 0 radical (unpaired) electrons. The molecule has 0 aliphatic heterocycles. The van der Waals surface area contributed by atoms with E-state index in [0.29, 0.717) is 5.03 Å². The van der Waals surface area contributed by atoms with Gasteiger partial charge in [-0.05, 0) is 24.8 Å². The highest BCUT2D eigenvalue weighted by Gasteiger charge is 2.17. The van der Waals surface area contributed by atoms with E-state index in [0.717, 1.165) is 16.9 Å². The molecule has 0 saturated heterocycles. The Hall–Kier alpha value is -2.62. The van der Waals surface area contributed by atoms with E-state index >= 15 is 0 Å². The zero-order valence-corrected chi connectivity index (χ0v) is 12.0. The van der Waals surface area contributed by atoms with Crippen molar-refractivity contribution in [3.05, 3.63) is 39.7 Å². The number of hydrogen-bond donors (Lipinski definition) is 2. The first-order valence-electron chi connectivity index (χ1n) is 5.73. The van der Waals surface area contributed by atoms with Crippen LogP contribution in [0.1, 0.15) is 11.3 Å². The molecule has 0 fully saturated rings. The van der Waals surface area contributed by atoms with Gasteiger partial charge in [0.1, 0.15) is 16.2 Å². The minimum Gasteiger partial charge on any atom is -0.409 e. The molecule has 3 N–H and O–H groups in total. The molecule has 110 valence electrons. The van der Waals surface area contributed by atoms with E-state index in [1.54, 1.807) is 11.7 Å². The van der Waals surface area contributed by atoms with Gasteiger partial charge in [0.2, 0.25) is 0 Å². The van der Waals surface area contributed by atoms with Crippen molar-refractivity contribution in [2.75, 3.05) is 0 Å². The molecule has 0 amide bonds. The topological polar surface area (TPSA) is 132 Å². The fraction of sp³-hybridized carbons (Fsp3) is 0.182. The Morgan fingerprint density at radius 2 is 2.29 bits per heavy atom. The number of nitrogens with two attached hydrogens (primary N) is 1. The summed E-state index contributed by atoms with van der Waals surface area (Å²) in [5.41, 5.74) is 6.35. The molecule has 2 aromatic heterocycles. The number of nitrogens with zero attached hydrogens (tertiary/aromatic N) is 5. The van der Waals surface area contributed by atoms with Gasteiger partial charge < -0.3 is 10.9 Å². The second-order valence-corrected chi connectivity index (χ2v) is 5.15. The molecule has 0 atom stereocenters. The molecule has 0 saturated carbocycles. The monoisotopic (exact) mass is 308 g/mol. The van der Waals surface area contributed by atoms with Crippen molar-refractivity contribution in [2.45, 2.75) is 17.0 Å². The lowest BCUT2D eigenvalue weighted by Gasteiger charge is -2.06. The molecular formula is C11H12N6O3S. The zero-order valence-electron chi connectivity index (χ0n) is 11.2. The minimum atomic E-state index is -0.593. The fourth-order valence-electron chi connectivity index (χ4n) is 1.64. The molecule has 2 aromatic rings. The standard InChI is InChI=1S/C11H12N6O3S/c1-6-3-9(16(2)14-6)21-11-8(10(12)15-18)4-7(5-13-11)17(19)20/h3-5,18H,1-2H3,(H2,12,15). The molecular weight excluding hydrogens is 296 g/mol. The Morgan fingerprint density at radius 1 is 1.57 bits per heavy atom. The van der Waals surface area contributed by atoms with Gasteiger partial charge in [-0.1, -0.05) is 5.16 Å². The van der Waals surface area contributed by atoms with Crippen molar-refractivity contribution >= 4 is 23.3 Å². The van der Waals surface area contributed by atoms with Gasteiger partial charge in [-0.3, -0.25) is 14.8 Å². The maximum absolute atomic E-state index is 10.8. The van der Waals surface area contributed by atoms with Crippen LogP contribution in [0.25, 0.3) is 0 Å². The number of nitro groups is 1. The van der Waals surface area contributed by atoms with E-state index in [4.69, 9.17) is 10.9 Å². The van der Waals surface area contributed by atoms with Gasteiger partial charge in [-0.15, -0.1) is 0 Å². The van der Waals surface area contributed by atoms with Crippen molar-refractivity contribution in [3.63, 3.8) is 0 Å². The normalized spacial score (nSPS) is 11.6. The molecule has 2 heterocycles. The van der Waals surface area contributed by atoms with Crippen molar-refractivity contribution in [3.8, 4) is 0 Å². The maximum Gasteiger partial charge on any atom is 0.288 e. The van der Waals surface area contributed by atoms with E-state index in [1.807, 2.05) is 13.0 Å². The van der Waals surface area contributed by atoms with Crippen LogP contribution in [-0.4, -0.2) is 30.7 Å². The summed E-state index contributed by atoms with van der Waals surface area (Å²) in [6.45, 7) is 1.85. The predicted octanol–water partition coefficient (Wildman–Crippen LogP) is 1.28. The van der Waals surface area contributed by atoms with Crippen LogP contribution in [0.4, 0.5) is 5.69 Å². The van der Waals surface area contributed by atoms with E-state index in [1.165, 1.54) is 17.8 Å². The van der Waals surface area contributed by atoms with Gasteiger partial charge in [0.15, 0.2) is 5.84 Å². The van der Waals surface area contributed by atoms with E-state index in [9.17, 15) is 10.1 Å². The summed E-state index contributed by atoms with van der Waals surface area (Å²) in [4.78, 5) is 14.2. The molecule has 10 heteroatoms. The summed E-state index contributed by atoms with van der Waals surface area (Å²) in [7, 11) is 1.77. The van der Waals surface area contributed by atoms with Crippen LogP contribution < -0.4 is 5.73 Å². The molecule has 0 aliphatic carbocycles. The number of oxime groups is 1. The summed E-state index contributed by atoms with van der Waals surface area (Å²) in [5, 5.41) is 27.8. The molecule has 2 rings (SSSR count). The third-order valence-corrected chi connectivity index (χ3v) is 3.70. The lowest BCUT2D eigenvalue weighted by Crippen LogP contribution is -2.15. The van der Waals surface area contributed by atoms with Crippen LogP contribution in [0.2, 0.25) is 0 Å². The largest absolute Gasteiger partial charge is 0.409 e. The van der Waals surface area contributed by atoms with E-state index in [2.05, 4.69) is 15.2 Å². The molecule has 21 heavy (non-hydrogen) atoms. The van der Waals surface area contributed by atoms with Gasteiger partial charge in [0.25, 0.3) is 5.69 Å². The number of rotatable bonds is 4. The second-order valence-electron chi connectivity index (χ2n) is 4.14. The Morgan fingerprint density at radius 3 is 2.81 bits per heavy atom. The second kappa shape index (κ2) is 5.79. The van der Waals surface area contributed by atoms with Gasteiger partial charge in [-0.2, -0.15) is 5.10 Å². The van der Waals surface area contributed by atoms with Crippen molar-refractivity contribution < 1.29 is 10.1 Å². The fourth-order valence-corrected chi connectivity index (χ4v) is 2.62. The Bertz CT molecular complexity index is 727. The van der Waals surface area contributed by atoms with Gasteiger partial charge in [0.05, 0.1) is 16.2 Å². The summed E-state index contributed by atoms with van der Waals surface area (Å²) in [6.07, 6.45) is 1.12. The van der Waals surface area contributed by atoms with Crippen molar-refractivity contribution in [1.82, 2.24) is 14.8 Å². The molecule has 0 unspecified atom stereocenters. The van der Waals surface area contributed by atoms with E-state index in [-0.39, 0.29) is 17.1 Å². The predicted molar refractivity (Wildman–Crippen MR) is 75.5 cm³/mol. The number of aryl methyl sites for hydroxylation is 2. The molecule has 0 aliphatic rings. The lowest BCUT2D eigenvalue weighted by atomic mass is 10.2. The van der Waals surface area contributed by atoms with Gasteiger partial charge >= 0.3 is 0 Å². The average Bonchev–Trinajstić information content (AvgIpc) is 2.76. The average molecular weight is 308 g/mol. The minimum absolute atomic E-state index is 0.190. The number of aromatic nitrogens is 3. The third kappa shape index (κ3) is 3.11. The van der Waals surface area contributed by atoms with Crippen LogP contribution in [0.3, 0.4) is 0 Å². The third-order valence-electron chi connectivity index (χ3n) is 2.59. The van der Waals surface area contributed by atoms with Crippen LogP contribution >= 0.6 is 11.8 Å². The first kappa shape index (κ1) is 14.8. The Balaban J connectivity index is 2.47. The Labute approximate surface area is 123 Å². The Kier molecular flexibility index (Phi) is 4.08. The van der Waals surface area contributed by atoms with Crippen LogP contribution in [0, 0.1) is 17.0 Å². The van der Waals surface area contributed by atoms with Crippen molar-refractivity contribution in [2.24, 2.45) is 17.9 Å². The smallest absolute Gasteiger partial charge is 0.288 e. The zero-order chi connectivity index (χ0) is 15.6. The summed E-state index contributed by atoms with van der Waals surface area (Å²) in [6, 6.07) is 3.05. The van der Waals surface area contributed by atoms with Gasteiger partial charge in [-0.25, -0.2) is 4.98 Å². The summed E-state index contributed by atoms with van der Waals surface area (Å²) >= 11 is 1.22. The SMILES string of the molecule is Cc1cc(Sc2ncc([N+](=O)[O-])cc2C(N)=NO)n(C)n1. The number of pyridine rings is 1. The highest BCUT2D eigenvalue weighted by molar-refractivity contribution is 7.99. The summed E-state index contributed by atoms with van der Waals surface area (Å²) in [5.74, 6) is -0.243. The highest BCUT2D eigenvalue weighted by atomic mass is 32.2. The molecule has 0 bridgehead atoms. The van der Waals surface area contributed by atoms with Crippen LogP contribution in [0.15, 0.2) is 33.5 Å². The first-order chi connectivity index (χ1) is 9.92. The number of hydrogen-bond acceptors (Lipinski definition) is 7. The quantitative estimate of drug-likeness (QED) is 0.286. The van der Waals surface area contributed by atoms with Crippen LogP contribution in [0.5, 0.6) is 0 Å². The summed E-state index contributed by atoms with van der Waals surface area (Å²) < 4.78 is 1.65. The molecule has 0 aromatic carbocycles. The molecule has 0 spiro atoms. The van der Waals surface area contributed by atoms with Crippen molar-refractivity contribution in [1.29, 1.82) is 0 Å². The maximum atomic E-state index is 10.8. The van der Waals surface area contributed by atoms with Gasteiger partial charge in [0, 0.05) is 13.1 Å². The van der Waals surface area contributed by atoms with Crippen LogP contribution in [-0.2, 0) is 7.05 Å².